The first kappa shape index (κ1) is 19.1. The largest absolute Gasteiger partial charge is 0.467 e. The Morgan fingerprint density at radius 3 is 2.52 bits per heavy atom. The third-order valence-electron chi connectivity index (χ3n) is 5.33. The molecule has 6 heteroatoms. The Labute approximate surface area is 160 Å². The van der Waals surface area contributed by atoms with Gasteiger partial charge in [-0.25, -0.2) is 0 Å². The van der Waals surface area contributed by atoms with Gasteiger partial charge in [0.1, 0.15) is 5.76 Å². The lowest BCUT2D eigenvalue weighted by Crippen LogP contribution is -2.38. The number of aromatic nitrogens is 1. The SMILES string of the molecule is CN(CCc1ccncc1)C(=O)C1CCC(C(=O)NCc2ccco2)CC1. The number of carbonyl (C=O) groups excluding carboxylic acids is 2. The van der Waals surface area contributed by atoms with Crippen LogP contribution in [0.2, 0.25) is 0 Å². The van der Waals surface area contributed by atoms with Gasteiger partial charge in [-0.15, -0.1) is 0 Å². The lowest BCUT2D eigenvalue weighted by atomic mass is 9.81. The average Bonchev–Trinajstić information content (AvgIpc) is 3.24. The summed E-state index contributed by atoms with van der Waals surface area (Å²) in [5, 5.41) is 2.93. The van der Waals surface area contributed by atoms with Crippen LogP contribution in [-0.2, 0) is 22.6 Å². The summed E-state index contributed by atoms with van der Waals surface area (Å²) in [4.78, 5) is 30.8. The fraction of sp³-hybridized carbons (Fsp3) is 0.476. The first-order chi connectivity index (χ1) is 13.1. The van der Waals surface area contributed by atoms with Crippen LogP contribution in [0, 0.1) is 11.8 Å². The minimum atomic E-state index is -0.00821. The normalized spacial score (nSPS) is 19.4. The zero-order valence-electron chi connectivity index (χ0n) is 15.8. The number of carbonyl (C=O) groups is 2. The molecule has 6 nitrogen and oxygen atoms in total. The van der Waals surface area contributed by atoms with Crippen molar-refractivity contribution in [1.82, 2.24) is 15.2 Å². The molecule has 0 bridgehead atoms. The monoisotopic (exact) mass is 369 g/mol. The Hall–Kier alpha value is -2.63. The highest BCUT2D eigenvalue weighted by Crippen LogP contribution is 2.30. The van der Waals surface area contributed by atoms with Gasteiger partial charge >= 0.3 is 0 Å². The van der Waals surface area contributed by atoms with Crippen LogP contribution < -0.4 is 5.32 Å². The number of rotatable bonds is 7. The second-order valence-electron chi connectivity index (χ2n) is 7.21. The van der Waals surface area contributed by atoms with Crippen molar-refractivity contribution in [2.45, 2.75) is 38.6 Å². The summed E-state index contributed by atoms with van der Waals surface area (Å²) in [6.45, 7) is 1.12. The van der Waals surface area contributed by atoms with Gasteiger partial charge in [0.05, 0.1) is 12.8 Å². The molecule has 0 atom stereocenters. The van der Waals surface area contributed by atoms with Crippen LogP contribution in [0.5, 0.6) is 0 Å². The van der Waals surface area contributed by atoms with E-state index in [4.69, 9.17) is 4.42 Å². The third-order valence-corrected chi connectivity index (χ3v) is 5.33. The van der Waals surface area contributed by atoms with E-state index in [0.29, 0.717) is 13.1 Å². The molecule has 1 saturated carbocycles. The number of nitrogens with one attached hydrogen (secondary N) is 1. The number of furan rings is 1. The van der Waals surface area contributed by atoms with Crippen molar-refractivity contribution in [2.75, 3.05) is 13.6 Å². The van der Waals surface area contributed by atoms with Gasteiger partial charge < -0.3 is 14.6 Å². The fourth-order valence-electron chi connectivity index (χ4n) is 3.60. The van der Waals surface area contributed by atoms with E-state index in [2.05, 4.69) is 10.3 Å². The lowest BCUT2D eigenvalue weighted by molar-refractivity contribution is -0.137. The highest BCUT2D eigenvalue weighted by molar-refractivity contribution is 5.81. The van der Waals surface area contributed by atoms with Gasteiger partial charge in [0.25, 0.3) is 0 Å². The fourth-order valence-corrected chi connectivity index (χ4v) is 3.60. The van der Waals surface area contributed by atoms with Crippen molar-refractivity contribution in [2.24, 2.45) is 11.8 Å². The molecule has 2 amide bonds. The number of likely N-dealkylation sites (N-methyl/N-ethyl adjacent to an activating group) is 1. The van der Waals surface area contributed by atoms with Crippen molar-refractivity contribution < 1.29 is 14.0 Å². The second kappa shape index (κ2) is 9.35. The molecule has 0 radical (unpaired) electrons. The number of nitrogens with zero attached hydrogens (tertiary/aromatic N) is 2. The Morgan fingerprint density at radius 2 is 1.85 bits per heavy atom. The van der Waals surface area contributed by atoms with Crippen molar-refractivity contribution in [3.8, 4) is 0 Å². The van der Waals surface area contributed by atoms with Crippen molar-refractivity contribution in [3.63, 3.8) is 0 Å². The summed E-state index contributed by atoms with van der Waals surface area (Å²) in [5.41, 5.74) is 1.18. The molecule has 0 unspecified atom stereocenters. The molecule has 144 valence electrons. The summed E-state index contributed by atoms with van der Waals surface area (Å²) < 4.78 is 5.23. The highest BCUT2D eigenvalue weighted by Gasteiger charge is 2.31. The Kier molecular flexibility index (Phi) is 6.63. The molecule has 0 aromatic carbocycles. The Balaban J connectivity index is 1.39. The van der Waals surface area contributed by atoms with Crippen molar-refractivity contribution in [1.29, 1.82) is 0 Å². The van der Waals surface area contributed by atoms with E-state index in [9.17, 15) is 9.59 Å². The minimum Gasteiger partial charge on any atom is -0.467 e. The molecule has 2 aromatic rings. The van der Waals surface area contributed by atoms with E-state index in [1.807, 2.05) is 36.2 Å². The van der Waals surface area contributed by atoms with Crippen LogP contribution >= 0.6 is 0 Å². The number of pyridine rings is 1. The third kappa shape index (κ3) is 5.42. The summed E-state index contributed by atoms with van der Waals surface area (Å²) in [6, 6.07) is 7.61. The maximum atomic E-state index is 12.7. The molecular formula is C21H27N3O3. The highest BCUT2D eigenvalue weighted by atomic mass is 16.3. The number of hydrogen-bond acceptors (Lipinski definition) is 4. The van der Waals surface area contributed by atoms with Crippen LogP contribution in [0.15, 0.2) is 47.3 Å². The molecule has 2 heterocycles. The first-order valence-corrected chi connectivity index (χ1v) is 9.57. The maximum absolute atomic E-state index is 12.7. The van der Waals surface area contributed by atoms with Crippen LogP contribution in [0.1, 0.15) is 37.0 Å². The van der Waals surface area contributed by atoms with Crippen LogP contribution in [0.4, 0.5) is 0 Å². The van der Waals surface area contributed by atoms with E-state index in [1.165, 1.54) is 5.56 Å². The van der Waals surface area contributed by atoms with Gasteiger partial charge in [-0.05, 0) is 61.9 Å². The second-order valence-corrected chi connectivity index (χ2v) is 7.21. The average molecular weight is 369 g/mol. The molecule has 0 spiro atoms. The molecule has 1 aliphatic rings. The van der Waals surface area contributed by atoms with E-state index < -0.39 is 0 Å². The molecule has 2 aromatic heterocycles. The van der Waals surface area contributed by atoms with Crippen molar-refractivity contribution >= 4 is 11.8 Å². The van der Waals surface area contributed by atoms with Crippen LogP contribution in [0.3, 0.4) is 0 Å². The predicted molar refractivity (Wildman–Crippen MR) is 102 cm³/mol. The maximum Gasteiger partial charge on any atom is 0.225 e. The molecule has 27 heavy (non-hydrogen) atoms. The van der Waals surface area contributed by atoms with Gasteiger partial charge in [0.2, 0.25) is 11.8 Å². The summed E-state index contributed by atoms with van der Waals surface area (Å²) in [7, 11) is 1.87. The van der Waals surface area contributed by atoms with E-state index in [-0.39, 0.29) is 23.7 Å². The van der Waals surface area contributed by atoms with Gasteiger partial charge in [-0.3, -0.25) is 14.6 Å². The molecular weight excluding hydrogens is 342 g/mol. The van der Waals surface area contributed by atoms with Crippen LogP contribution in [0.25, 0.3) is 0 Å². The van der Waals surface area contributed by atoms with Gasteiger partial charge in [-0.1, -0.05) is 0 Å². The summed E-state index contributed by atoms with van der Waals surface area (Å²) in [5.74, 6) is 1.03. The molecule has 3 rings (SSSR count). The summed E-state index contributed by atoms with van der Waals surface area (Å²) in [6.07, 6.45) is 9.05. The predicted octanol–water partition coefficient (Wildman–Crippen LogP) is 2.80. The molecule has 1 fully saturated rings. The first-order valence-electron chi connectivity index (χ1n) is 9.57. The lowest BCUT2D eigenvalue weighted by Gasteiger charge is -2.30. The standard InChI is InChI=1S/C21H27N3O3/c1-24(13-10-16-8-11-22-12-9-16)21(26)18-6-4-17(5-7-18)20(25)23-15-19-3-2-14-27-19/h2-3,8-9,11-12,14,17-18H,4-7,10,13,15H2,1H3,(H,23,25). The number of hydrogen-bond donors (Lipinski definition) is 1. The van der Waals surface area contributed by atoms with Gasteiger partial charge in [0.15, 0.2) is 0 Å². The molecule has 1 N–H and O–H groups in total. The minimum absolute atomic E-state index is 0.00821. The zero-order chi connectivity index (χ0) is 19.1. The van der Waals surface area contributed by atoms with Crippen molar-refractivity contribution in [3.05, 3.63) is 54.2 Å². The smallest absolute Gasteiger partial charge is 0.225 e. The zero-order valence-corrected chi connectivity index (χ0v) is 15.8. The Bertz CT molecular complexity index is 722. The quantitative estimate of drug-likeness (QED) is 0.814. The number of amides is 2. The molecule has 0 saturated heterocycles. The van der Waals surface area contributed by atoms with E-state index >= 15 is 0 Å². The van der Waals surface area contributed by atoms with Gasteiger partial charge in [-0.2, -0.15) is 0 Å². The van der Waals surface area contributed by atoms with Crippen LogP contribution in [-0.4, -0.2) is 35.3 Å². The van der Waals surface area contributed by atoms with E-state index in [0.717, 1.165) is 37.9 Å². The van der Waals surface area contributed by atoms with E-state index in [1.54, 1.807) is 18.7 Å². The molecule has 1 aliphatic carbocycles. The summed E-state index contributed by atoms with van der Waals surface area (Å²) >= 11 is 0. The topological polar surface area (TPSA) is 75.4 Å². The molecule has 0 aliphatic heterocycles. The van der Waals surface area contributed by atoms with Gasteiger partial charge in [0, 0.05) is 37.8 Å². The Morgan fingerprint density at radius 1 is 1.15 bits per heavy atom.